The number of carbonyl (C=O) groups excluding carboxylic acids is 1. The summed E-state index contributed by atoms with van der Waals surface area (Å²) in [6, 6.07) is 0. The zero-order chi connectivity index (χ0) is 38.6. The zero-order valence-corrected chi connectivity index (χ0v) is 32.4. The molecule has 2 saturated heterocycles. The maximum absolute atomic E-state index is 14.0. The third kappa shape index (κ3) is 5.95. The Morgan fingerprint density at radius 3 is 2.26 bits per heavy atom. The van der Waals surface area contributed by atoms with Crippen LogP contribution in [0.2, 0.25) is 0 Å². The first-order valence-corrected chi connectivity index (χ1v) is 20.1. The van der Waals surface area contributed by atoms with Crippen LogP contribution in [0.4, 0.5) is 0 Å². The van der Waals surface area contributed by atoms with Gasteiger partial charge in [-0.3, -0.25) is 4.79 Å². The molecule has 0 spiro atoms. The molecule has 7 N–H and O–H groups in total. The van der Waals surface area contributed by atoms with E-state index >= 15 is 0 Å². The van der Waals surface area contributed by atoms with Crippen molar-refractivity contribution in [2.24, 2.45) is 57.2 Å². The smallest absolute Gasteiger partial charge is 0.311 e. The first kappa shape index (κ1) is 39.8. The molecule has 0 bridgehead atoms. The molecule has 7 rings (SSSR count). The van der Waals surface area contributed by atoms with Crippen molar-refractivity contribution in [2.45, 2.75) is 155 Å². The molecule has 3 saturated carbocycles. The predicted molar refractivity (Wildman–Crippen MR) is 191 cm³/mol. The van der Waals surface area contributed by atoms with Crippen molar-refractivity contribution in [1.29, 1.82) is 0 Å². The van der Waals surface area contributed by atoms with Gasteiger partial charge in [-0.05, 0) is 102 Å². The van der Waals surface area contributed by atoms with E-state index in [-0.39, 0.29) is 52.1 Å². The summed E-state index contributed by atoms with van der Waals surface area (Å²) < 4.78 is 23.5. The van der Waals surface area contributed by atoms with Crippen LogP contribution in [0.5, 0.6) is 0 Å². The molecule has 2 aliphatic heterocycles. The summed E-state index contributed by atoms with van der Waals surface area (Å²) in [5.74, 6) is 0.0964. The molecule has 0 radical (unpaired) electrons. The number of esters is 1. The summed E-state index contributed by atoms with van der Waals surface area (Å²) in [6.45, 7) is 15.7. The van der Waals surface area contributed by atoms with Crippen molar-refractivity contribution in [3.63, 3.8) is 0 Å². The minimum atomic E-state index is -1.64. The molecule has 53 heavy (non-hydrogen) atoms. The minimum Gasteiger partial charge on any atom is -0.432 e. The lowest BCUT2D eigenvalue weighted by molar-refractivity contribution is -0.306. The third-order valence-corrected chi connectivity index (χ3v) is 16.4. The molecule has 19 atom stereocenters. The van der Waals surface area contributed by atoms with Gasteiger partial charge in [-0.2, -0.15) is 0 Å². The fraction of sp³-hybridized carbons (Fsp3) is 0.878. The summed E-state index contributed by atoms with van der Waals surface area (Å²) in [6.07, 6.45) is -1.42. The van der Waals surface area contributed by atoms with Crippen LogP contribution < -0.4 is 0 Å². The number of rotatable bonds is 5. The summed E-state index contributed by atoms with van der Waals surface area (Å²) in [7, 11) is 0. The van der Waals surface area contributed by atoms with Gasteiger partial charge in [0.15, 0.2) is 6.29 Å². The van der Waals surface area contributed by atoms with Gasteiger partial charge in [0, 0.05) is 0 Å². The molecular formula is C41H64O12. The maximum Gasteiger partial charge on any atom is 0.311 e. The number of hydrogen-bond acceptors (Lipinski definition) is 12. The summed E-state index contributed by atoms with van der Waals surface area (Å²) in [5, 5.41) is 71.8. The molecule has 0 unspecified atom stereocenters. The number of hydrogen-bond donors (Lipinski definition) is 7. The van der Waals surface area contributed by atoms with Crippen LogP contribution in [0.25, 0.3) is 0 Å². The molecule has 12 heteroatoms. The van der Waals surface area contributed by atoms with E-state index in [4.69, 9.17) is 18.9 Å². The summed E-state index contributed by atoms with van der Waals surface area (Å²) in [5.41, 5.74) is 2.24. The normalized spacial score (nSPS) is 53.5. The number of carbonyl (C=O) groups is 1. The highest BCUT2D eigenvalue weighted by molar-refractivity contribution is 5.74. The van der Waals surface area contributed by atoms with Crippen LogP contribution in [0.3, 0.4) is 0 Å². The summed E-state index contributed by atoms with van der Waals surface area (Å²) >= 11 is 0. The summed E-state index contributed by atoms with van der Waals surface area (Å²) in [4.78, 5) is 14.0. The van der Waals surface area contributed by atoms with Gasteiger partial charge in [0.2, 0.25) is 6.29 Å². The fourth-order valence-corrected chi connectivity index (χ4v) is 12.8. The second kappa shape index (κ2) is 13.9. The van der Waals surface area contributed by atoms with Crippen LogP contribution in [0.1, 0.15) is 93.4 Å². The van der Waals surface area contributed by atoms with E-state index in [1.54, 1.807) is 0 Å². The Balaban J connectivity index is 1.16. The highest BCUT2D eigenvalue weighted by Gasteiger charge is 2.67. The number of allylic oxidation sites excluding steroid dienone is 4. The lowest BCUT2D eigenvalue weighted by Crippen LogP contribution is -2.64. The van der Waals surface area contributed by atoms with Crippen molar-refractivity contribution in [2.75, 3.05) is 13.2 Å². The molecule has 0 aromatic heterocycles. The molecule has 7 aliphatic rings. The van der Waals surface area contributed by atoms with E-state index < -0.39 is 73.8 Å². The molecular weight excluding hydrogens is 684 g/mol. The van der Waals surface area contributed by atoms with Gasteiger partial charge >= 0.3 is 5.97 Å². The van der Waals surface area contributed by atoms with Gasteiger partial charge in [-0.25, -0.2) is 0 Å². The first-order valence-electron chi connectivity index (χ1n) is 20.1. The number of fused-ring (bicyclic) bond motifs is 6. The Hall–Kier alpha value is -1.45. The standard InChI is InChI=1S/C41H64O12/c1-19-16-22(35(49)53-37-34(48)32(46)31(45)25(17-42)51-37)21-10-14-40(6)23(29(21)20(19)2)8-9-27-39(5)13-12-28(38(3,4)26(39)11-15-41(27,40)7)52-36-33(47)30(44)24(43)18-50-36/h8-9,19-22,24-28,30-34,36-37,42-48H,10-18H2,1-7H3/t19-,20+,21+,22-,24+,25-,26+,27-,28+,30+,31-,32+,33-,34-,36+,37+,39+,40-,41-/m1/s1. The molecule has 5 fully saturated rings. The monoisotopic (exact) mass is 748 g/mol. The van der Waals surface area contributed by atoms with E-state index in [2.05, 4.69) is 60.6 Å². The number of aliphatic hydroxyl groups is 7. The van der Waals surface area contributed by atoms with Crippen molar-refractivity contribution < 1.29 is 59.5 Å². The van der Waals surface area contributed by atoms with Gasteiger partial charge in [-0.15, -0.1) is 0 Å². The average Bonchev–Trinajstić information content (AvgIpc) is 3.11. The van der Waals surface area contributed by atoms with E-state index in [9.17, 15) is 40.5 Å². The highest BCUT2D eigenvalue weighted by atomic mass is 16.7. The van der Waals surface area contributed by atoms with Crippen molar-refractivity contribution >= 4 is 5.97 Å². The molecule has 0 amide bonds. The molecule has 5 aliphatic carbocycles. The third-order valence-electron chi connectivity index (χ3n) is 16.4. The lowest BCUT2D eigenvalue weighted by atomic mass is 9.35. The highest BCUT2D eigenvalue weighted by Crippen LogP contribution is 2.73. The first-order chi connectivity index (χ1) is 24.8. The number of ether oxygens (including phenoxy) is 4. The Morgan fingerprint density at radius 1 is 0.868 bits per heavy atom. The van der Waals surface area contributed by atoms with E-state index in [1.165, 1.54) is 11.1 Å². The maximum atomic E-state index is 14.0. The Morgan fingerprint density at radius 2 is 1.57 bits per heavy atom. The Bertz CT molecular complexity index is 1460. The zero-order valence-electron chi connectivity index (χ0n) is 32.4. The van der Waals surface area contributed by atoms with Crippen LogP contribution >= 0.6 is 0 Å². The van der Waals surface area contributed by atoms with Crippen molar-refractivity contribution in [1.82, 2.24) is 0 Å². The average molecular weight is 749 g/mol. The van der Waals surface area contributed by atoms with Crippen molar-refractivity contribution in [3.8, 4) is 0 Å². The van der Waals surface area contributed by atoms with Crippen LogP contribution in [-0.2, 0) is 23.7 Å². The van der Waals surface area contributed by atoms with Gasteiger partial charge in [0.1, 0.15) is 42.7 Å². The second-order valence-electron chi connectivity index (χ2n) is 19.2. The van der Waals surface area contributed by atoms with Gasteiger partial charge in [0.05, 0.1) is 25.2 Å². The molecule has 2 heterocycles. The SMILES string of the molecule is C[C@@H]1C[C@@H](C(=O)O[C@@H]2O[C@H](CO)[C@@H](O)[C@H](O)[C@H]2O)[C@@H]2CC[C@]3(C)C(=C2[C@H]1C)C=C[C@@H]1[C@@]2(C)CC[C@H](O[C@@H]4OC[C@H](O)[C@H](O)[C@H]4O)C(C)(C)[C@@H]2CC[C@]13C. The molecule has 300 valence electrons. The molecule has 0 aromatic rings. The molecule has 12 nitrogen and oxygen atoms in total. The van der Waals surface area contributed by atoms with Crippen LogP contribution in [0, 0.1) is 57.2 Å². The van der Waals surface area contributed by atoms with Crippen LogP contribution in [0.15, 0.2) is 23.3 Å². The van der Waals surface area contributed by atoms with Gasteiger partial charge < -0.3 is 54.7 Å². The van der Waals surface area contributed by atoms with E-state index in [1.807, 2.05) is 0 Å². The van der Waals surface area contributed by atoms with E-state index in [0.717, 1.165) is 38.5 Å². The largest absolute Gasteiger partial charge is 0.432 e. The Labute approximate surface area is 313 Å². The molecule has 0 aromatic carbocycles. The Kier molecular flexibility index (Phi) is 10.4. The van der Waals surface area contributed by atoms with Crippen LogP contribution in [-0.4, -0.2) is 116 Å². The number of aliphatic hydroxyl groups excluding tert-OH is 7. The predicted octanol–water partition coefficient (Wildman–Crippen LogP) is 2.59. The fourth-order valence-electron chi connectivity index (χ4n) is 12.8. The van der Waals surface area contributed by atoms with Crippen molar-refractivity contribution in [3.05, 3.63) is 23.3 Å². The minimum absolute atomic E-state index is 0.0200. The quantitative estimate of drug-likeness (QED) is 0.161. The second-order valence-corrected chi connectivity index (χ2v) is 19.2. The lowest BCUT2D eigenvalue weighted by Gasteiger charge is -2.69. The van der Waals surface area contributed by atoms with E-state index in [0.29, 0.717) is 18.3 Å². The topological polar surface area (TPSA) is 196 Å². The van der Waals surface area contributed by atoms with Gasteiger partial charge in [-0.1, -0.05) is 66.2 Å². The van der Waals surface area contributed by atoms with Gasteiger partial charge in [0.25, 0.3) is 0 Å².